The third kappa shape index (κ3) is 3.31. The minimum atomic E-state index is 0.221. The molecule has 0 heterocycles. The molecule has 0 amide bonds. The van der Waals surface area contributed by atoms with Gasteiger partial charge in [-0.3, -0.25) is 4.79 Å². The van der Waals surface area contributed by atoms with Crippen LogP contribution in [0.15, 0.2) is 48.5 Å². The van der Waals surface area contributed by atoms with Gasteiger partial charge < -0.3 is 0 Å². The van der Waals surface area contributed by atoms with Gasteiger partial charge in [-0.25, -0.2) is 0 Å². The van der Waals surface area contributed by atoms with Crippen molar-refractivity contribution in [3.05, 3.63) is 70.8 Å². The maximum atomic E-state index is 12.5. The van der Waals surface area contributed by atoms with E-state index in [0.717, 1.165) is 29.5 Å². The van der Waals surface area contributed by atoms with Crippen molar-refractivity contribution in [3.63, 3.8) is 0 Å². The molecule has 0 N–H and O–H groups in total. The number of benzene rings is 2. The van der Waals surface area contributed by atoms with E-state index >= 15 is 0 Å². The fourth-order valence-corrected chi connectivity index (χ4v) is 2.29. The highest BCUT2D eigenvalue weighted by molar-refractivity contribution is 5.99. The normalized spacial score (nSPS) is 10.4. The highest BCUT2D eigenvalue weighted by atomic mass is 16.1. The van der Waals surface area contributed by atoms with Crippen LogP contribution in [0.4, 0.5) is 0 Å². The van der Waals surface area contributed by atoms with Crippen LogP contribution < -0.4 is 0 Å². The predicted octanol–water partition coefficient (Wildman–Crippen LogP) is 4.24. The second kappa shape index (κ2) is 6.33. The molecule has 19 heavy (non-hydrogen) atoms. The summed E-state index contributed by atoms with van der Waals surface area (Å²) in [5.74, 6) is 0.221. The van der Waals surface area contributed by atoms with Gasteiger partial charge in [0.2, 0.25) is 0 Å². The molecule has 0 atom stereocenters. The van der Waals surface area contributed by atoms with Gasteiger partial charge in [-0.05, 0) is 35.6 Å². The molecule has 0 spiro atoms. The minimum absolute atomic E-state index is 0.221. The van der Waals surface area contributed by atoms with E-state index in [1.807, 2.05) is 30.3 Å². The summed E-state index contributed by atoms with van der Waals surface area (Å²) >= 11 is 0. The molecule has 0 saturated carbocycles. The summed E-state index contributed by atoms with van der Waals surface area (Å²) < 4.78 is 0. The van der Waals surface area contributed by atoms with Crippen LogP contribution in [-0.4, -0.2) is 5.78 Å². The first-order valence-electron chi connectivity index (χ1n) is 6.93. The number of carbonyl (C=O) groups excluding carboxylic acids is 1. The van der Waals surface area contributed by atoms with E-state index in [1.165, 1.54) is 5.56 Å². The third-order valence-corrected chi connectivity index (χ3v) is 3.47. The fraction of sp³-hybridized carbons (Fsp3) is 0.278. The van der Waals surface area contributed by atoms with Crippen molar-refractivity contribution in [2.75, 3.05) is 0 Å². The van der Waals surface area contributed by atoms with Crippen LogP contribution in [0.5, 0.6) is 0 Å². The summed E-state index contributed by atoms with van der Waals surface area (Å²) in [6.07, 6.45) is 2.36. The Morgan fingerprint density at radius 1 is 0.895 bits per heavy atom. The van der Waals surface area contributed by atoms with Crippen molar-refractivity contribution in [1.82, 2.24) is 0 Å². The molecule has 0 bridgehead atoms. The van der Waals surface area contributed by atoms with E-state index in [-0.39, 0.29) is 5.78 Å². The highest BCUT2D eigenvalue weighted by Gasteiger charge is 2.11. The van der Waals surface area contributed by atoms with E-state index < -0.39 is 0 Å². The van der Waals surface area contributed by atoms with Crippen LogP contribution in [0.25, 0.3) is 0 Å². The Balaban J connectivity index is 2.27. The molecule has 2 aromatic rings. The molecular formula is C18H20O. The number of ketones is 1. The van der Waals surface area contributed by atoms with Crippen molar-refractivity contribution in [2.24, 2.45) is 0 Å². The first kappa shape index (κ1) is 13.5. The molecule has 0 aliphatic rings. The van der Waals surface area contributed by atoms with E-state index in [2.05, 4.69) is 32.0 Å². The second-order valence-corrected chi connectivity index (χ2v) is 4.78. The number of rotatable bonds is 5. The summed E-state index contributed by atoms with van der Waals surface area (Å²) in [4.78, 5) is 12.5. The van der Waals surface area contributed by atoms with Gasteiger partial charge in [-0.1, -0.05) is 56.3 Å². The number of carbonyl (C=O) groups is 1. The van der Waals surface area contributed by atoms with Gasteiger partial charge in [0, 0.05) is 12.0 Å². The number of hydrogen-bond donors (Lipinski definition) is 0. The Kier molecular flexibility index (Phi) is 4.51. The zero-order chi connectivity index (χ0) is 13.7. The van der Waals surface area contributed by atoms with Gasteiger partial charge in [0.15, 0.2) is 5.78 Å². The van der Waals surface area contributed by atoms with Gasteiger partial charge in [0.05, 0.1) is 0 Å². The van der Waals surface area contributed by atoms with Crippen molar-refractivity contribution < 1.29 is 4.79 Å². The molecule has 98 valence electrons. The molecule has 0 aliphatic heterocycles. The van der Waals surface area contributed by atoms with Crippen molar-refractivity contribution in [2.45, 2.75) is 33.1 Å². The van der Waals surface area contributed by atoms with Crippen LogP contribution in [0.3, 0.4) is 0 Å². The van der Waals surface area contributed by atoms with E-state index in [1.54, 1.807) is 0 Å². The molecule has 0 fully saturated rings. The zero-order valence-electron chi connectivity index (χ0n) is 11.6. The zero-order valence-corrected chi connectivity index (χ0v) is 11.6. The molecule has 2 aromatic carbocycles. The van der Waals surface area contributed by atoms with Gasteiger partial charge in [-0.2, -0.15) is 0 Å². The number of aryl methyl sites for hydroxylation is 2. The Labute approximate surface area is 115 Å². The summed E-state index contributed by atoms with van der Waals surface area (Å²) in [7, 11) is 0. The quantitative estimate of drug-likeness (QED) is 0.727. The monoisotopic (exact) mass is 252 g/mol. The largest absolute Gasteiger partial charge is 0.294 e. The lowest BCUT2D eigenvalue weighted by Crippen LogP contribution is -2.07. The second-order valence-electron chi connectivity index (χ2n) is 4.78. The molecular weight excluding hydrogens is 232 g/mol. The first-order chi connectivity index (χ1) is 9.24. The Bertz CT molecular complexity index is 555. The van der Waals surface area contributed by atoms with Crippen LogP contribution in [0, 0.1) is 0 Å². The lowest BCUT2D eigenvalue weighted by Gasteiger charge is -2.09. The van der Waals surface area contributed by atoms with E-state index in [0.29, 0.717) is 6.42 Å². The van der Waals surface area contributed by atoms with Crippen molar-refractivity contribution >= 4 is 5.78 Å². The molecule has 0 radical (unpaired) electrons. The van der Waals surface area contributed by atoms with Crippen molar-refractivity contribution in [1.29, 1.82) is 0 Å². The highest BCUT2D eigenvalue weighted by Crippen LogP contribution is 2.16. The molecule has 1 nitrogen and oxygen atoms in total. The first-order valence-corrected chi connectivity index (χ1v) is 6.93. The molecule has 2 rings (SSSR count). The molecule has 0 aliphatic carbocycles. The number of Topliss-reactive ketones (excluding diaryl/α,β-unsaturated/α-hetero) is 1. The maximum Gasteiger partial charge on any atom is 0.167 e. The fourth-order valence-electron chi connectivity index (χ4n) is 2.29. The van der Waals surface area contributed by atoms with Gasteiger partial charge >= 0.3 is 0 Å². The standard InChI is InChI=1S/C18H20O/c1-3-14-10-11-16(4-2)17(12-14)18(19)13-15-8-6-5-7-9-15/h5-12H,3-4,13H2,1-2H3. The third-order valence-electron chi connectivity index (χ3n) is 3.47. The SMILES string of the molecule is CCc1ccc(CC)c(C(=O)Cc2ccccc2)c1. The minimum Gasteiger partial charge on any atom is -0.294 e. The summed E-state index contributed by atoms with van der Waals surface area (Å²) in [5, 5.41) is 0. The average molecular weight is 252 g/mol. The van der Waals surface area contributed by atoms with E-state index in [4.69, 9.17) is 0 Å². The molecule has 0 aromatic heterocycles. The van der Waals surface area contributed by atoms with Crippen LogP contribution in [-0.2, 0) is 19.3 Å². The van der Waals surface area contributed by atoms with E-state index in [9.17, 15) is 4.79 Å². The van der Waals surface area contributed by atoms with Crippen LogP contribution in [0.1, 0.15) is 40.9 Å². The Hall–Kier alpha value is -1.89. The smallest absolute Gasteiger partial charge is 0.167 e. The lowest BCUT2D eigenvalue weighted by molar-refractivity contribution is 0.0992. The van der Waals surface area contributed by atoms with Gasteiger partial charge in [0.25, 0.3) is 0 Å². The van der Waals surface area contributed by atoms with Gasteiger partial charge in [0.1, 0.15) is 0 Å². The van der Waals surface area contributed by atoms with Crippen molar-refractivity contribution in [3.8, 4) is 0 Å². The van der Waals surface area contributed by atoms with Gasteiger partial charge in [-0.15, -0.1) is 0 Å². The van der Waals surface area contributed by atoms with Crippen LogP contribution in [0.2, 0.25) is 0 Å². The van der Waals surface area contributed by atoms with Crippen LogP contribution >= 0.6 is 0 Å². The Morgan fingerprint density at radius 2 is 1.63 bits per heavy atom. The lowest BCUT2D eigenvalue weighted by atomic mass is 9.94. The topological polar surface area (TPSA) is 17.1 Å². The molecule has 0 unspecified atom stereocenters. The maximum absolute atomic E-state index is 12.5. The Morgan fingerprint density at radius 3 is 2.26 bits per heavy atom. The summed E-state index contributed by atoms with van der Waals surface area (Å²) in [6.45, 7) is 4.21. The summed E-state index contributed by atoms with van der Waals surface area (Å²) in [6, 6.07) is 16.2. The molecule has 1 heteroatoms. The predicted molar refractivity (Wildman–Crippen MR) is 79.7 cm³/mol. The average Bonchev–Trinajstić information content (AvgIpc) is 2.47. The number of hydrogen-bond acceptors (Lipinski definition) is 1. The molecule has 0 saturated heterocycles. The summed E-state index contributed by atoms with van der Waals surface area (Å²) in [5.41, 5.74) is 4.36.